The number of carbonyl (C=O) groups excluding carboxylic acids is 1. The molecule has 1 aliphatic rings. The summed E-state index contributed by atoms with van der Waals surface area (Å²) in [5, 5.41) is 0. The summed E-state index contributed by atoms with van der Waals surface area (Å²) in [7, 11) is -4.15. The normalized spacial score (nSPS) is 15.6. The van der Waals surface area contributed by atoms with Gasteiger partial charge in [0.25, 0.3) is 0 Å². The van der Waals surface area contributed by atoms with Gasteiger partial charge in [-0.2, -0.15) is 0 Å². The van der Waals surface area contributed by atoms with Crippen molar-refractivity contribution >= 4 is 16.1 Å². The van der Waals surface area contributed by atoms with Crippen molar-refractivity contribution in [3.63, 3.8) is 0 Å². The topological polar surface area (TPSA) is 90.0 Å². The van der Waals surface area contributed by atoms with E-state index in [1.807, 2.05) is 4.90 Å². The third-order valence-corrected chi connectivity index (χ3v) is 6.81. The molecule has 1 rings (SSSR count). The van der Waals surface area contributed by atoms with E-state index in [0.29, 0.717) is 26.1 Å². The van der Waals surface area contributed by atoms with Gasteiger partial charge in [0.15, 0.2) is 0 Å². The molecule has 1 aliphatic heterocycles. The number of hydrogen-bond acceptors (Lipinski definition) is 7. The van der Waals surface area contributed by atoms with Crippen LogP contribution in [0, 0.1) is 0 Å². The molecule has 0 N–H and O–H groups in total. The van der Waals surface area contributed by atoms with Gasteiger partial charge in [0, 0.05) is 45.7 Å². The Morgan fingerprint density at radius 2 is 1.37 bits per heavy atom. The van der Waals surface area contributed by atoms with E-state index in [0.717, 1.165) is 58.3 Å². The van der Waals surface area contributed by atoms with Crippen LogP contribution < -0.4 is 29.6 Å². The van der Waals surface area contributed by atoms with E-state index in [4.69, 9.17) is 4.74 Å². The van der Waals surface area contributed by atoms with E-state index in [-0.39, 0.29) is 41.3 Å². The summed E-state index contributed by atoms with van der Waals surface area (Å²) in [6, 6.07) is 0. The van der Waals surface area contributed by atoms with Gasteiger partial charge in [0.2, 0.25) is 0 Å². The maximum Gasteiger partial charge on any atom is 1.00 e. The molecule has 1 heterocycles. The maximum absolute atomic E-state index is 11.9. The fourth-order valence-corrected chi connectivity index (χ4v) is 4.40. The summed E-state index contributed by atoms with van der Waals surface area (Å²) in [5.74, 6) is -0.455. The van der Waals surface area contributed by atoms with Crippen molar-refractivity contribution < 1.29 is 52.1 Å². The summed E-state index contributed by atoms with van der Waals surface area (Å²) in [4.78, 5) is 16.1. The molecule has 0 aromatic carbocycles. The molecule has 0 aliphatic carbocycles. The standard InChI is InChI=1S/C26H48N2O5S.Na/c1-2-3-4-5-6-7-8-9-10-11-12-13-14-15-16-17-26(29)33-24-22-27-18-20-28(21-19-27)23-25-34(30,31)32;/h6-7,9-10H,2-5,8,11-25H2,1H3,(H,30,31,32);/q;+1/p-1/b7-6-,10-9-;. The molecule has 0 aromatic heterocycles. The zero-order chi connectivity index (χ0) is 24.9. The fourth-order valence-electron chi connectivity index (χ4n) is 3.92. The van der Waals surface area contributed by atoms with Crippen LogP contribution in [0.15, 0.2) is 24.3 Å². The Morgan fingerprint density at radius 1 is 0.829 bits per heavy atom. The molecule has 198 valence electrons. The van der Waals surface area contributed by atoms with Gasteiger partial charge >= 0.3 is 35.5 Å². The summed E-state index contributed by atoms with van der Waals surface area (Å²) in [6.07, 6.45) is 22.4. The number of rotatable bonds is 20. The van der Waals surface area contributed by atoms with Gasteiger partial charge in [-0.25, -0.2) is 8.42 Å². The predicted molar refractivity (Wildman–Crippen MR) is 138 cm³/mol. The average Bonchev–Trinajstić information content (AvgIpc) is 2.80. The Kier molecular flexibility index (Phi) is 22.8. The van der Waals surface area contributed by atoms with Crippen LogP contribution in [-0.4, -0.2) is 80.4 Å². The summed E-state index contributed by atoms with van der Waals surface area (Å²) < 4.78 is 37.5. The number of ether oxygens (including phenoxy) is 1. The van der Waals surface area contributed by atoms with E-state index < -0.39 is 10.1 Å². The Morgan fingerprint density at radius 3 is 1.97 bits per heavy atom. The molecule has 0 saturated carbocycles. The predicted octanol–water partition coefficient (Wildman–Crippen LogP) is 1.51. The largest absolute Gasteiger partial charge is 1.00 e. The third kappa shape index (κ3) is 22.7. The third-order valence-electron chi connectivity index (χ3n) is 6.12. The number of allylic oxidation sites excluding steroid dienone is 4. The van der Waals surface area contributed by atoms with Crippen molar-refractivity contribution in [3.05, 3.63) is 24.3 Å². The molecule has 35 heavy (non-hydrogen) atoms. The molecule has 0 amide bonds. The van der Waals surface area contributed by atoms with Gasteiger partial charge in [0.05, 0.1) is 15.9 Å². The first kappa shape index (κ1) is 34.8. The van der Waals surface area contributed by atoms with E-state index in [1.165, 1.54) is 38.5 Å². The summed E-state index contributed by atoms with van der Waals surface area (Å²) >= 11 is 0. The van der Waals surface area contributed by atoms with Crippen molar-refractivity contribution in [3.8, 4) is 0 Å². The average molecular weight is 523 g/mol. The van der Waals surface area contributed by atoms with E-state index in [2.05, 4.69) is 36.1 Å². The van der Waals surface area contributed by atoms with Crippen molar-refractivity contribution in [1.29, 1.82) is 0 Å². The van der Waals surface area contributed by atoms with E-state index in [1.54, 1.807) is 0 Å². The zero-order valence-corrected chi connectivity index (χ0v) is 25.1. The maximum atomic E-state index is 11.9. The van der Waals surface area contributed by atoms with Crippen LogP contribution in [0.5, 0.6) is 0 Å². The molecule has 0 spiro atoms. The van der Waals surface area contributed by atoms with Gasteiger partial charge in [-0.1, -0.05) is 63.3 Å². The number of carbonyl (C=O) groups is 1. The second-order valence-corrected chi connectivity index (χ2v) is 10.7. The first-order valence-corrected chi connectivity index (χ1v) is 14.8. The minimum atomic E-state index is -4.15. The van der Waals surface area contributed by atoms with Crippen LogP contribution in [0.2, 0.25) is 0 Å². The Bertz CT molecular complexity index is 677. The molecular weight excluding hydrogens is 475 g/mol. The molecule has 0 atom stereocenters. The number of piperazine rings is 1. The first-order valence-electron chi connectivity index (χ1n) is 13.2. The van der Waals surface area contributed by atoms with Gasteiger partial charge in [-0.15, -0.1) is 0 Å². The van der Waals surface area contributed by atoms with Gasteiger partial charge in [-0.05, 0) is 38.5 Å². The zero-order valence-electron chi connectivity index (χ0n) is 22.3. The first-order chi connectivity index (χ1) is 16.4. The van der Waals surface area contributed by atoms with Crippen LogP contribution >= 0.6 is 0 Å². The molecular formula is C26H47N2NaO5S. The molecule has 0 unspecified atom stereocenters. The molecule has 0 radical (unpaired) electrons. The van der Waals surface area contributed by atoms with Crippen LogP contribution in [0.25, 0.3) is 0 Å². The molecule has 7 nitrogen and oxygen atoms in total. The minimum Gasteiger partial charge on any atom is -0.748 e. The smallest absolute Gasteiger partial charge is 0.748 e. The molecule has 1 saturated heterocycles. The summed E-state index contributed by atoms with van der Waals surface area (Å²) in [5.41, 5.74) is 0. The van der Waals surface area contributed by atoms with Crippen LogP contribution in [-0.2, 0) is 19.6 Å². The SMILES string of the molecule is CCCCC/C=C\C/C=C\CCCCCCCC(=O)OCCN1CCN(CCS(=O)(=O)[O-])CC1.[Na+]. The fraction of sp³-hybridized carbons (Fsp3) is 0.808. The van der Waals surface area contributed by atoms with E-state index in [9.17, 15) is 17.8 Å². The number of nitrogens with zero attached hydrogens (tertiary/aromatic N) is 2. The molecule has 0 aromatic rings. The van der Waals surface area contributed by atoms with Crippen LogP contribution in [0.3, 0.4) is 0 Å². The van der Waals surface area contributed by atoms with Crippen molar-refractivity contribution in [2.24, 2.45) is 0 Å². The van der Waals surface area contributed by atoms with Crippen LogP contribution in [0.1, 0.15) is 84.0 Å². The summed E-state index contributed by atoms with van der Waals surface area (Å²) in [6.45, 7) is 6.67. The van der Waals surface area contributed by atoms with Crippen molar-refractivity contribution in [2.75, 3.05) is 51.6 Å². The molecule has 1 fully saturated rings. The second-order valence-electron chi connectivity index (χ2n) is 9.15. The second kappa shape index (κ2) is 22.9. The molecule has 0 bridgehead atoms. The van der Waals surface area contributed by atoms with Gasteiger partial charge in [-0.3, -0.25) is 14.6 Å². The van der Waals surface area contributed by atoms with Crippen LogP contribution in [0.4, 0.5) is 0 Å². The Hall–Kier alpha value is -0.220. The number of hydrogen-bond donors (Lipinski definition) is 0. The van der Waals surface area contributed by atoms with Crippen molar-refractivity contribution in [1.82, 2.24) is 9.80 Å². The van der Waals surface area contributed by atoms with Gasteiger partial charge < -0.3 is 9.29 Å². The number of unbranched alkanes of at least 4 members (excludes halogenated alkanes) is 8. The molecule has 9 heteroatoms. The van der Waals surface area contributed by atoms with E-state index >= 15 is 0 Å². The van der Waals surface area contributed by atoms with Crippen molar-refractivity contribution in [2.45, 2.75) is 84.0 Å². The van der Waals surface area contributed by atoms with Gasteiger partial charge in [0.1, 0.15) is 6.61 Å². The Labute approximate surface area is 236 Å². The monoisotopic (exact) mass is 522 g/mol. The minimum absolute atomic E-state index is 0. The number of esters is 1. The Balaban J connectivity index is 0.0000116. The quantitative estimate of drug-likeness (QED) is 0.0787.